The van der Waals surface area contributed by atoms with Crippen LogP contribution < -0.4 is 16.8 Å². The average Bonchev–Trinajstić information content (AvgIpc) is 3.29. The van der Waals surface area contributed by atoms with E-state index in [-0.39, 0.29) is 6.03 Å². The summed E-state index contributed by atoms with van der Waals surface area (Å²) in [4.78, 5) is 36.9. The van der Waals surface area contributed by atoms with Gasteiger partial charge in [0.25, 0.3) is 0 Å². The van der Waals surface area contributed by atoms with Crippen LogP contribution in [0.4, 0.5) is 9.93 Å². The molecule has 1 aliphatic heterocycles. The topological polar surface area (TPSA) is 130 Å². The SMILES string of the molecule is C=C(N=C/C=C(\N)c1sc(NC(=O)N2CCC[C@H]2C(N)=O)nc1C)N(CC)CC. The second-order valence-corrected chi connectivity index (χ2v) is 7.61. The van der Waals surface area contributed by atoms with E-state index in [1.807, 2.05) is 25.7 Å². The Bertz CT molecular complexity index is 827. The minimum absolute atomic E-state index is 0.383. The van der Waals surface area contributed by atoms with Crippen molar-refractivity contribution in [3.63, 3.8) is 0 Å². The third-order valence-electron chi connectivity index (χ3n) is 4.72. The number of nitrogens with zero attached hydrogens (tertiary/aromatic N) is 4. The minimum atomic E-state index is -0.574. The number of aliphatic imine (C=N–C) groups is 1. The molecule has 3 amide bonds. The molecular weight excluding hydrogens is 390 g/mol. The minimum Gasteiger partial charge on any atom is -0.397 e. The molecule has 0 spiro atoms. The van der Waals surface area contributed by atoms with Crippen LogP contribution >= 0.6 is 11.3 Å². The van der Waals surface area contributed by atoms with Crippen LogP contribution in [0.2, 0.25) is 0 Å². The van der Waals surface area contributed by atoms with Crippen LogP contribution in [0, 0.1) is 6.92 Å². The molecule has 1 atom stereocenters. The van der Waals surface area contributed by atoms with Gasteiger partial charge >= 0.3 is 6.03 Å². The Morgan fingerprint density at radius 1 is 1.41 bits per heavy atom. The maximum Gasteiger partial charge on any atom is 0.324 e. The van der Waals surface area contributed by atoms with Crippen LogP contribution in [0.15, 0.2) is 23.5 Å². The molecule has 0 aliphatic carbocycles. The number of amides is 3. The number of aromatic nitrogens is 1. The zero-order chi connectivity index (χ0) is 21.6. The van der Waals surface area contributed by atoms with Crippen LogP contribution in [0.5, 0.6) is 0 Å². The van der Waals surface area contributed by atoms with E-state index in [4.69, 9.17) is 11.5 Å². The molecule has 2 heterocycles. The first-order valence-corrected chi connectivity index (χ1v) is 10.4. The number of carbonyl (C=O) groups is 2. The molecule has 158 valence electrons. The normalized spacial score (nSPS) is 17.0. The molecule has 0 unspecified atom stereocenters. The molecule has 1 aliphatic rings. The molecule has 0 aromatic carbocycles. The molecule has 9 nitrogen and oxygen atoms in total. The summed E-state index contributed by atoms with van der Waals surface area (Å²) in [6, 6.07) is -0.957. The zero-order valence-corrected chi connectivity index (χ0v) is 18.0. The molecule has 0 radical (unpaired) electrons. The second kappa shape index (κ2) is 10.1. The van der Waals surface area contributed by atoms with Gasteiger partial charge in [-0.05, 0) is 39.7 Å². The number of anilines is 1. The Labute approximate surface area is 175 Å². The smallest absolute Gasteiger partial charge is 0.324 e. The summed E-state index contributed by atoms with van der Waals surface area (Å²) in [5, 5.41) is 3.15. The number of allylic oxidation sites excluding steroid dienone is 1. The lowest BCUT2D eigenvalue weighted by atomic mass is 10.2. The van der Waals surface area contributed by atoms with Crippen molar-refractivity contribution in [2.24, 2.45) is 16.5 Å². The number of hydrogen-bond donors (Lipinski definition) is 3. The summed E-state index contributed by atoms with van der Waals surface area (Å²) in [6.07, 6.45) is 4.62. The third-order valence-corrected chi connectivity index (χ3v) is 5.84. The van der Waals surface area contributed by atoms with Gasteiger partial charge in [0.05, 0.1) is 16.3 Å². The molecule has 1 aromatic heterocycles. The fraction of sp³-hybridized carbons (Fsp3) is 0.474. The quantitative estimate of drug-likeness (QED) is 0.556. The number of carbonyl (C=O) groups excluding carboxylic acids is 2. The van der Waals surface area contributed by atoms with Gasteiger partial charge in [-0.25, -0.2) is 14.8 Å². The molecule has 10 heteroatoms. The van der Waals surface area contributed by atoms with Crippen molar-refractivity contribution in [1.82, 2.24) is 14.8 Å². The number of likely N-dealkylation sites (tertiary alicyclic amines) is 1. The monoisotopic (exact) mass is 419 g/mol. The van der Waals surface area contributed by atoms with Crippen molar-refractivity contribution in [3.8, 4) is 0 Å². The summed E-state index contributed by atoms with van der Waals surface area (Å²) in [7, 11) is 0. The van der Waals surface area contributed by atoms with Crippen molar-refractivity contribution in [3.05, 3.63) is 29.0 Å². The lowest BCUT2D eigenvalue weighted by molar-refractivity contribution is -0.121. The molecule has 1 saturated heterocycles. The van der Waals surface area contributed by atoms with E-state index in [2.05, 4.69) is 21.9 Å². The Hall–Kier alpha value is -2.88. The summed E-state index contributed by atoms with van der Waals surface area (Å²) in [5.41, 5.74) is 12.7. The molecule has 0 saturated carbocycles. The average molecular weight is 420 g/mol. The van der Waals surface area contributed by atoms with E-state index < -0.39 is 11.9 Å². The highest BCUT2D eigenvalue weighted by molar-refractivity contribution is 7.16. The third kappa shape index (κ3) is 5.57. The van der Waals surface area contributed by atoms with Gasteiger partial charge in [-0.15, -0.1) is 0 Å². The largest absolute Gasteiger partial charge is 0.397 e. The lowest BCUT2D eigenvalue weighted by Crippen LogP contribution is -2.45. The summed E-state index contributed by atoms with van der Waals surface area (Å²) >= 11 is 1.26. The predicted molar refractivity (Wildman–Crippen MR) is 118 cm³/mol. The van der Waals surface area contributed by atoms with Crippen molar-refractivity contribution in [1.29, 1.82) is 0 Å². The van der Waals surface area contributed by atoms with E-state index in [0.717, 1.165) is 24.4 Å². The Morgan fingerprint density at radius 2 is 2.10 bits per heavy atom. The van der Waals surface area contributed by atoms with Gasteiger partial charge in [-0.1, -0.05) is 17.9 Å². The number of nitrogens with one attached hydrogen (secondary N) is 1. The van der Waals surface area contributed by atoms with Gasteiger partial charge in [-0.3, -0.25) is 10.1 Å². The van der Waals surface area contributed by atoms with Gasteiger partial charge in [0.15, 0.2) is 5.13 Å². The van der Waals surface area contributed by atoms with Crippen molar-refractivity contribution in [2.75, 3.05) is 25.0 Å². The molecule has 29 heavy (non-hydrogen) atoms. The van der Waals surface area contributed by atoms with Crippen LogP contribution in [0.1, 0.15) is 37.3 Å². The second-order valence-electron chi connectivity index (χ2n) is 6.61. The van der Waals surface area contributed by atoms with Crippen molar-refractivity contribution < 1.29 is 9.59 Å². The van der Waals surface area contributed by atoms with Crippen LogP contribution in [-0.4, -0.2) is 58.6 Å². The van der Waals surface area contributed by atoms with Gasteiger partial charge in [-0.2, -0.15) is 0 Å². The van der Waals surface area contributed by atoms with Crippen LogP contribution in [0.25, 0.3) is 5.70 Å². The number of rotatable bonds is 8. The lowest BCUT2D eigenvalue weighted by Gasteiger charge is -2.21. The maximum atomic E-state index is 12.5. The van der Waals surface area contributed by atoms with Gasteiger partial charge in [0, 0.05) is 25.8 Å². The number of thiazole rings is 1. The summed E-state index contributed by atoms with van der Waals surface area (Å²) in [6.45, 7) is 12.0. The molecular formula is C19H29N7O2S. The highest BCUT2D eigenvalue weighted by atomic mass is 32.1. The fourth-order valence-corrected chi connectivity index (χ4v) is 4.03. The Morgan fingerprint density at radius 3 is 2.72 bits per heavy atom. The van der Waals surface area contributed by atoms with E-state index in [1.54, 1.807) is 12.3 Å². The molecule has 1 aromatic rings. The van der Waals surface area contributed by atoms with E-state index >= 15 is 0 Å². The van der Waals surface area contributed by atoms with Crippen molar-refractivity contribution >= 4 is 40.3 Å². The summed E-state index contributed by atoms with van der Waals surface area (Å²) in [5.74, 6) is 0.175. The van der Waals surface area contributed by atoms with E-state index in [1.165, 1.54) is 16.2 Å². The maximum absolute atomic E-state index is 12.5. The number of primary amides is 1. The van der Waals surface area contributed by atoms with Crippen LogP contribution in [-0.2, 0) is 4.79 Å². The molecule has 1 fully saturated rings. The van der Waals surface area contributed by atoms with E-state index in [9.17, 15) is 9.59 Å². The number of hydrogen-bond acceptors (Lipinski definition) is 7. The summed E-state index contributed by atoms with van der Waals surface area (Å²) < 4.78 is 0. The van der Waals surface area contributed by atoms with Gasteiger partial charge < -0.3 is 21.3 Å². The number of urea groups is 1. The predicted octanol–water partition coefficient (Wildman–Crippen LogP) is 2.12. The highest BCUT2D eigenvalue weighted by Crippen LogP contribution is 2.27. The van der Waals surface area contributed by atoms with E-state index in [0.29, 0.717) is 35.3 Å². The molecule has 5 N–H and O–H groups in total. The first-order chi connectivity index (χ1) is 13.8. The molecule has 0 bridgehead atoms. The Balaban J connectivity index is 2.06. The zero-order valence-electron chi connectivity index (χ0n) is 17.1. The van der Waals surface area contributed by atoms with Crippen molar-refractivity contribution in [2.45, 2.75) is 39.7 Å². The van der Waals surface area contributed by atoms with Crippen LogP contribution in [0.3, 0.4) is 0 Å². The first-order valence-electron chi connectivity index (χ1n) is 9.56. The number of aryl methyl sites for hydroxylation is 1. The van der Waals surface area contributed by atoms with Gasteiger partial charge in [0.1, 0.15) is 11.9 Å². The van der Waals surface area contributed by atoms with Gasteiger partial charge in [0.2, 0.25) is 5.91 Å². The Kier molecular flexibility index (Phi) is 7.77. The first kappa shape index (κ1) is 22.4. The highest BCUT2D eigenvalue weighted by Gasteiger charge is 2.33. The number of nitrogens with two attached hydrogens (primary N) is 2. The standard InChI is InChI=1S/C19H29N7O2S/c1-5-25(6-2)13(4)22-10-9-14(20)16-12(3)23-18(29-16)24-19(28)26-11-7-8-15(26)17(21)27/h9-10,15H,4-8,11,20H2,1-3H3,(H2,21,27)(H,23,24,28)/b14-9-,22-10?/t15-/m0/s1. The molecule has 2 rings (SSSR count). The fourth-order valence-electron chi connectivity index (χ4n) is 3.14.